The fourth-order valence-electron chi connectivity index (χ4n) is 1.80. The Balaban J connectivity index is 2.22. The molecule has 0 fully saturated rings. The zero-order valence-electron chi connectivity index (χ0n) is 10.4. The van der Waals surface area contributed by atoms with Crippen LogP contribution in [0.1, 0.15) is 24.0 Å². The lowest BCUT2D eigenvalue weighted by Crippen LogP contribution is -2.08. The van der Waals surface area contributed by atoms with Crippen LogP contribution in [0, 0.1) is 6.92 Å². The van der Waals surface area contributed by atoms with Gasteiger partial charge in [-0.15, -0.1) is 16.7 Å². The van der Waals surface area contributed by atoms with E-state index in [-0.39, 0.29) is 0 Å². The molecule has 2 heterocycles. The molecule has 18 heavy (non-hydrogen) atoms. The molecule has 0 N–H and O–H groups in total. The average Bonchev–Trinajstić information content (AvgIpc) is 2.90. The molecule has 98 valence electrons. The van der Waals surface area contributed by atoms with Crippen LogP contribution in [0.2, 0.25) is 5.02 Å². The van der Waals surface area contributed by atoms with Crippen molar-refractivity contribution in [2.24, 2.45) is 0 Å². The van der Waals surface area contributed by atoms with Crippen LogP contribution < -0.4 is 0 Å². The second kappa shape index (κ2) is 5.71. The van der Waals surface area contributed by atoms with Gasteiger partial charge in [0.05, 0.1) is 28.6 Å². The zero-order chi connectivity index (χ0) is 13.1. The summed E-state index contributed by atoms with van der Waals surface area (Å²) < 4.78 is 3.65. The molecule has 2 aromatic rings. The Morgan fingerprint density at radius 2 is 2.17 bits per heavy atom. The van der Waals surface area contributed by atoms with Crippen molar-refractivity contribution in [2.45, 2.75) is 33.4 Å². The lowest BCUT2D eigenvalue weighted by atomic mass is 10.3. The molecule has 0 saturated carbocycles. The predicted molar refractivity (Wildman–Crippen MR) is 71.2 cm³/mol. The summed E-state index contributed by atoms with van der Waals surface area (Å²) in [5, 5.41) is 13.2. The summed E-state index contributed by atoms with van der Waals surface area (Å²) in [5.41, 5.74) is 2.69. The fourth-order valence-corrected chi connectivity index (χ4v) is 2.19. The maximum atomic E-state index is 6.24. The third-order valence-electron chi connectivity index (χ3n) is 2.70. The van der Waals surface area contributed by atoms with E-state index < -0.39 is 0 Å². The van der Waals surface area contributed by atoms with E-state index in [9.17, 15) is 0 Å². The second-order valence-corrected chi connectivity index (χ2v) is 4.76. The Bertz CT molecular complexity index is 532. The molecule has 0 aliphatic carbocycles. The van der Waals surface area contributed by atoms with Crippen molar-refractivity contribution in [3.05, 3.63) is 28.3 Å². The van der Waals surface area contributed by atoms with Gasteiger partial charge in [-0.05, 0) is 13.8 Å². The molecule has 0 spiro atoms. The van der Waals surface area contributed by atoms with Crippen LogP contribution in [0.15, 0.2) is 6.20 Å². The van der Waals surface area contributed by atoms with Crippen LogP contribution in [-0.4, -0.2) is 30.7 Å². The molecular formula is C11H15Cl2N5. The van der Waals surface area contributed by atoms with Crippen LogP contribution in [0.5, 0.6) is 0 Å². The number of aromatic nitrogens is 5. The van der Waals surface area contributed by atoms with Gasteiger partial charge in [0.1, 0.15) is 0 Å². The quantitative estimate of drug-likeness (QED) is 0.793. The maximum Gasteiger partial charge on any atom is 0.0866 e. The minimum atomic E-state index is 0.547. The minimum Gasteiger partial charge on any atom is -0.266 e. The number of nitrogens with zero attached hydrogens (tertiary/aromatic N) is 5. The molecule has 0 aliphatic heterocycles. The molecule has 0 aromatic carbocycles. The summed E-state index contributed by atoms with van der Waals surface area (Å²) in [6.45, 7) is 5.29. The van der Waals surface area contributed by atoms with E-state index in [0.717, 1.165) is 30.0 Å². The highest BCUT2D eigenvalue weighted by Gasteiger charge is 2.13. The van der Waals surface area contributed by atoms with E-state index in [1.54, 1.807) is 4.68 Å². The monoisotopic (exact) mass is 287 g/mol. The molecule has 2 rings (SSSR count). The third kappa shape index (κ3) is 2.67. The van der Waals surface area contributed by atoms with E-state index in [1.807, 2.05) is 24.7 Å². The van der Waals surface area contributed by atoms with Crippen LogP contribution in [0.4, 0.5) is 0 Å². The highest BCUT2D eigenvalue weighted by atomic mass is 35.5. The van der Waals surface area contributed by atoms with Gasteiger partial charge in [-0.3, -0.25) is 4.68 Å². The highest BCUT2D eigenvalue weighted by Crippen LogP contribution is 2.20. The highest BCUT2D eigenvalue weighted by molar-refractivity contribution is 6.31. The molecule has 0 bridgehead atoms. The molecule has 7 heteroatoms. The van der Waals surface area contributed by atoms with Crippen molar-refractivity contribution in [3.8, 4) is 0 Å². The Morgan fingerprint density at radius 3 is 2.83 bits per heavy atom. The number of alkyl halides is 1. The standard InChI is InChI=1S/C11H15Cl2N5/c1-3-18-10(11(13)8(2)15-18)7-17-6-9(4-5-12)14-16-17/h6H,3-5,7H2,1-2H3. The molecule has 0 radical (unpaired) electrons. The lowest BCUT2D eigenvalue weighted by molar-refractivity contribution is 0.565. The van der Waals surface area contributed by atoms with E-state index in [4.69, 9.17) is 23.2 Å². The van der Waals surface area contributed by atoms with Crippen LogP contribution >= 0.6 is 23.2 Å². The zero-order valence-corrected chi connectivity index (χ0v) is 11.9. The van der Waals surface area contributed by atoms with Crippen molar-refractivity contribution in [1.82, 2.24) is 24.8 Å². The Morgan fingerprint density at radius 1 is 1.39 bits per heavy atom. The molecular weight excluding hydrogens is 273 g/mol. The molecule has 0 atom stereocenters. The largest absolute Gasteiger partial charge is 0.266 e. The lowest BCUT2D eigenvalue weighted by Gasteiger charge is -2.04. The maximum absolute atomic E-state index is 6.24. The van der Waals surface area contributed by atoms with Gasteiger partial charge in [0.15, 0.2) is 0 Å². The molecule has 0 saturated heterocycles. The minimum absolute atomic E-state index is 0.547. The van der Waals surface area contributed by atoms with Gasteiger partial charge in [0, 0.05) is 25.0 Å². The molecule has 0 amide bonds. The van der Waals surface area contributed by atoms with Gasteiger partial charge in [-0.25, -0.2) is 4.68 Å². The molecule has 5 nitrogen and oxygen atoms in total. The number of hydrogen-bond donors (Lipinski definition) is 0. The summed E-state index contributed by atoms with van der Waals surface area (Å²) in [7, 11) is 0. The van der Waals surface area contributed by atoms with E-state index >= 15 is 0 Å². The SMILES string of the molecule is CCn1nc(C)c(Cl)c1Cn1cc(CCCl)nn1. The van der Waals surface area contributed by atoms with E-state index in [0.29, 0.717) is 17.4 Å². The smallest absolute Gasteiger partial charge is 0.0866 e. The summed E-state index contributed by atoms with van der Waals surface area (Å²) in [5.74, 6) is 0.547. The second-order valence-electron chi connectivity index (χ2n) is 4.01. The van der Waals surface area contributed by atoms with Crippen molar-refractivity contribution >= 4 is 23.2 Å². The first kappa shape index (κ1) is 13.4. The van der Waals surface area contributed by atoms with E-state index in [2.05, 4.69) is 15.4 Å². The predicted octanol–water partition coefficient (Wildman–Crippen LogP) is 2.29. The van der Waals surface area contributed by atoms with Gasteiger partial charge in [-0.2, -0.15) is 5.10 Å². The number of halogens is 2. The fraction of sp³-hybridized carbons (Fsp3) is 0.545. The van der Waals surface area contributed by atoms with Gasteiger partial charge in [-0.1, -0.05) is 16.8 Å². The topological polar surface area (TPSA) is 48.5 Å². The van der Waals surface area contributed by atoms with Crippen molar-refractivity contribution in [2.75, 3.05) is 5.88 Å². The van der Waals surface area contributed by atoms with Gasteiger partial charge in [0.2, 0.25) is 0 Å². The Kier molecular flexibility index (Phi) is 4.24. The average molecular weight is 288 g/mol. The van der Waals surface area contributed by atoms with Crippen molar-refractivity contribution in [1.29, 1.82) is 0 Å². The Labute approximate surface area is 116 Å². The number of rotatable bonds is 5. The van der Waals surface area contributed by atoms with Gasteiger partial charge >= 0.3 is 0 Å². The first-order chi connectivity index (χ1) is 8.65. The number of hydrogen-bond acceptors (Lipinski definition) is 3. The normalized spacial score (nSPS) is 11.1. The molecule has 0 aliphatic rings. The van der Waals surface area contributed by atoms with Crippen LogP contribution in [0.3, 0.4) is 0 Å². The van der Waals surface area contributed by atoms with Crippen LogP contribution in [-0.2, 0) is 19.5 Å². The molecule has 2 aromatic heterocycles. The van der Waals surface area contributed by atoms with Gasteiger partial charge < -0.3 is 0 Å². The number of aryl methyl sites for hydroxylation is 3. The summed E-state index contributed by atoms with van der Waals surface area (Å²) >= 11 is 11.9. The van der Waals surface area contributed by atoms with Crippen molar-refractivity contribution < 1.29 is 0 Å². The third-order valence-corrected chi connectivity index (χ3v) is 3.38. The van der Waals surface area contributed by atoms with E-state index in [1.165, 1.54) is 0 Å². The molecule has 0 unspecified atom stereocenters. The van der Waals surface area contributed by atoms with Gasteiger partial charge in [0.25, 0.3) is 0 Å². The summed E-state index contributed by atoms with van der Waals surface area (Å²) in [6, 6.07) is 0. The van der Waals surface area contributed by atoms with Crippen LogP contribution in [0.25, 0.3) is 0 Å². The first-order valence-corrected chi connectivity index (χ1v) is 6.73. The summed E-state index contributed by atoms with van der Waals surface area (Å²) in [6.07, 6.45) is 2.61. The Hall–Kier alpha value is -1.07. The first-order valence-electron chi connectivity index (χ1n) is 5.82. The van der Waals surface area contributed by atoms with Crippen molar-refractivity contribution in [3.63, 3.8) is 0 Å². The summed E-state index contributed by atoms with van der Waals surface area (Å²) in [4.78, 5) is 0.